The van der Waals surface area contributed by atoms with Crippen LogP contribution in [0.2, 0.25) is 0 Å². The minimum atomic E-state index is -0.611. The predicted molar refractivity (Wildman–Crippen MR) is 126 cm³/mol. The van der Waals surface area contributed by atoms with Gasteiger partial charge in [-0.3, -0.25) is 29.2 Å². The molecule has 9 heteroatoms. The first-order chi connectivity index (χ1) is 15.7. The second-order valence-corrected chi connectivity index (χ2v) is 9.51. The molecule has 172 valence electrons. The number of likely N-dealkylation sites (tertiary alicyclic amines) is 1. The maximum atomic E-state index is 12.9. The highest BCUT2D eigenvalue weighted by atomic mass is 16.6. The Morgan fingerprint density at radius 2 is 1.39 bits per heavy atom. The number of carbonyl (C=O) groups is 1. The smallest absolute Gasteiger partial charge is 0.410 e. The molecule has 9 nitrogen and oxygen atoms in total. The van der Waals surface area contributed by atoms with E-state index in [0.29, 0.717) is 30.3 Å². The number of fused-ring (bicyclic) bond motifs is 2. The number of para-hydroxylation sites is 2. The van der Waals surface area contributed by atoms with Crippen molar-refractivity contribution in [2.24, 2.45) is 0 Å². The molecule has 5 rings (SSSR count). The van der Waals surface area contributed by atoms with E-state index in [4.69, 9.17) is 4.74 Å². The van der Waals surface area contributed by atoms with Gasteiger partial charge >= 0.3 is 6.09 Å². The fourth-order valence-corrected chi connectivity index (χ4v) is 4.70. The third kappa shape index (κ3) is 3.73. The zero-order valence-corrected chi connectivity index (χ0v) is 18.9. The van der Waals surface area contributed by atoms with Gasteiger partial charge in [0.2, 0.25) is 0 Å². The predicted octanol–water partition coefficient (Wildman–Crippen LogP) is 3.40. The van der Waals surface area contributed by atoms with Crippen LogP contribution < -0.4 is 11.1 Å². The van der Waals surface area contributed by atoms with Gasteiger partial charge in [-0.15, -0.1) is 0 Å². The molecule has 2 aromatic heterocycles. The number of amides is 1. The van der Waals surface area contributed by atoms with Crippen LogP contribution in [-0.2, 0) is 4.74 Å². The Morgan fingerprint density at radius 1 is 0.879 bits per heavy atom. The van der Waals surface area contributed by atoms with Crippen molar-refractivity contribution in [3.05, 3.63) is 69.2 Å². The third-order valence-electron chi connectivity index (χ3n) is 6.12. The number of nitrogens with one attached hydrogen (secondary N) is 2. The first-order valence-corrected chi connectivity index (χ1v) is 11.1. The van der Waals surface area contributed by atoms with Crippen LogP contribution >= 0.6 is 0 Å². The number of aromatic nitrogens is 4. The van der Waals surface area contributed by atoms with Gasteiger partial charge in [-0.1, -0.05) is 24.3 Å². The summed E-state index contributed by atoms with van der Waals surface area (Å²) in [5.41, 5.74) is 0.582. The van der Waals surface area contributed by atoms with Gasteiger partial charge in [-0.2, -0.15) is 0 Å². The molecule has 1 saturated heterocycles. The highest BCUT2D eigenvalue weighted by molar-refractivity contribution is 5.79. The molecule has 2 unspecified atom stereocenters. The van der Waals surface area contributed by atoms with Crippen molar-refractivity contribution in [2.45, 2.75) is 44.9 Å². The van der Waals surface area contributed by atoms with Crippen LogP contribution in [0.5, 0.6) is 0 Å². The first-order valence-electron chi connectivity index (χ1n) is 11.1. The molecule has 1 amide bonds. The quantitative estimate of drug-likeness (QED) is 0.489. The molecule has 2 atom stereocenters. The largest absolute Gasteiger partial charge is 0.444 e. The summed E-state index contributed by atoms with van der Waals surface area (Å²) in [6, 6.07) is 14.3. The van der Waals surface area contributed by atoms with Crippen molar-refractivity contribution in [1.82, 2.24) is 24.5 Å². The van der Waals surface area contributed by atoms with Gasteiger partial charge in [0, 0.05) is 13.1 Å². The van der Waals surface area contributed by atoms with Crippen LogP contribution in [0.25, 0.3) is 21.8 Å². The molecule has 1 aliphatic heterocycles. The Balaban J connectivity index is 1.62. The molecule has 0 bridgehead atoms. The number of hydrogen-bond donors (Lipinski definition) is 2. The molecule has 0 radical (unpaired) electrons. The minimum absolute atomic E-state index is 0.162. The third-order valence-corrected chi connectivity index (χ3v) is 6.12. The van der Waals surface area contributed by atoms with Crippen LogP contribution in [0.4, 0.5) is 4.79 Å². The Kier molecular flexibility index (Phi) is 4.92. The number of benzene rings is 2. The van der Waals surface area contributed by atoms with E-state index in [-0.39, 0.29) is 23.2 Å². The van der Waals surface area contributed by atoms with E-state index in [2.05, 4.69) is 10.2 Å². The number of aromatic amines is 2. The molecular formula is C24H27N5O4. The second kappa shape index (κ2) is 7.68. The van der Waals surface area contributed by atoms with Crippen molar-refractivity contribution >= 4 is 27.9 Å². The topological polar surface area (TPSA) is 105 Å². The number of carbonyl (C=O) groups excluding carboxylic acids is 1. The van der Waals surface area contributed by atoms with E-state index in [0.717, 1.165) is 11.0 Å². The normalized spacial score (nSPS) is 19.3. The molecule has 0 aliphatic carbocycles. The number of nitrogens with zero attached hydrogens (tertiary/aromatic N) is 3. The molecule has 1 aliphatic rings. The fourth-order valence-electron chi connectivity index (χ4n) is 4.70. The number of piperidine rings is 1. The van der Waals surface area contributed by atoms with E-state index in [1.807, 2.05) is 66.5 Å². The average Bonchev–Trinajstić information content (AvgIpc) is 3.30. The summed E-state index contributed by atoms with van der Waals surface area (Å²) in [5.74, 6) is 0. The Hall–Kier alpha value is -3.75. The van der Waals surface area contributed by atoms with Gasteiger partial charge in [0.1, 0.15) is 5.60 Å². The lowest BCUT2D eigenvalue weighted by atomic mass is 9.99. The molecule has 3 heterocycles. The molecule has 33 heavy (non-hydrogen) atoms. The Morgan fingerprint density at radius 3 is 1.94 bits per heavy atom. The minimum Gasteiger partial charge on any atom is -0.444 e. The SMILES string of the molecule is CC(C)(C)OC(=O)N1CCC(n2[nH]c(=O)c3ccccc32)C(n2[nH]c(=O)c3ccccc32)C1. The van der Waals surface area contributed by atoms with Gasteiger partial charge in [0.15, 0.2) is 0 Å². The van der Waals surface area contributed by atoms with Crippen molar-refractivity contribution in [3.8, 4) is 0 Å². The van der Waals surface area contributed by atoms with Crippen LogP contribution in [0.3, 0.4) is 0 Å². The van der Waals surface area contributed by atoms with Crippen LogP contribution in [0, 0.1) is 0 Å². The average molecular weight is 450 g/mol. The zero-order chi connectivity index (χ0) is 23.3. The molecule has 1 fully saturated rings. The summed E-state index contributed by atoms with van der Waals surface area (Å²) in [6.07, 6.45) is 0.184. The Bertz CT molecular complexity index is 1450. The monoisotopic (exact) mass is 449 g/mol. The summed E-state index contributed by atoms with van der Waals surface area (Å²) >= 11 is 0. The number of H-pyrrole nitrogens is 2. The van der Waals surface area contributed by atoms with Crippen molar-refractivity contribution in [2.75, 3.05) is 13.1 Å². The van der Waals surface area contributed by atoms with Gasteiger partial charge in [0.25, 0.3) is 11.1 Å². The fraction of sp³-hybridized carbons (Fsp3) is 0.375. The van der Waals surface area contributed by atoms with E-state index < -0.39 is 11.7 Å². The summed E-state index contributed by atoms with van der Waals surface area (Å²) in [4.78, 5) is 39.8. The lowest BCUT2D eigenvalue weighted by Gasteiger charge is -2.40. The van der Waals surface area contributed by atoms with Crippen LogP contribution in [-0.4, -0.2) is 49.2 Å². The first kappa shape index (κ1) is 21.1. The summed E-state index contributed by atoms with van der Waals surface area (Å²) in [5, 5.41) is 7.13. The van der Waals surface area contributed by atoms with Gasteiger partial charge in [-0.05, 0) is 51.5 Å². The lowest BCUT2D eigenvalue weighted by molar-refractivity contribution is 0.0112. The zero-order valence-electron chi connectivity index (χ0n) is 18.9. The number of hydrogen-bond acceptors (Lipinski definition) is 4. The van der Waals surface area contributed by atoms with Crippen molar-refractivity contribution < 1.29 is 9.53 Å². The molecule has 0 saturated carbocycles. The van der Waals surface area contributed by atoms with E-state index in [9.17, 15) is 14.4 Å². The molecule has 0 spiro atoms. The molecule has 2 aromatic carbocycles. The van der Waals surface area contributed by atoms with E-state index in [1.54, 1.807) is 17.0 Å². The van der Waals surface area contributed by atoms with Crippen molar-refractivity contribution in [1.29, 1.82) is 0 Å². The molecule has 4 aromatic rings. The van der Waals surface area contributed by atoms with Crippen LogP contribution in [0.15, 0.2) is 58.1 Å². The molecule has 2 N–H and O–H groups in total. The standard InChI is InChI=1S/C24H27N5O4/c1-24(2,3)33-23(32)27-13-12-19(28-17-10-6-4-8-15(17)21(30)25-28)20(14-27)29-18-11-7-5-9-16(18)22(31)26-29/h4-11,19-20H,12-14H2,1-3H3,(H,25,30)(H,26,31). The maximum Gasteiger partial charge on any atom is 0.410 e. The summed E-state index contributed by atoms with van der Waals surface area (Å²) in [7, 11) is 0. The highest BCUT2D eigenvalue weighted by Crippen LogP contribution is 2.35. The highest BCUT2D eigenvalue weighted by Gasteiger charge is 2.37. The maximum absolute atomic E-state index is 12.9. The second-order valence-electron chi connectivity index (χ2n) is 9.51. The van der Waals surface area contributed by atoms with E-state index >= 15 is 0 Å². The summed E-state index contributed by atoms with van der Waals surface area (Å²) < 4.78 is 9.31. The van der Waals surface area contributed by atoms with Gasteiger partial charge < -0.3 is 9.64 Å². The summed E-state index contributed by atoms with van der Waals surface area (Å²) in [6.45, 7) is 6.30. The van der Waals surface area contributed by atoms with Gasteiger partial charge in [0.05, 0.1) is 33.9 Å². The van der Waals surface area contributed by atoms with Crippen molar-refractivity contribution in [3.63, 3.8) is 0 Å². The number of rotatable bonds is 2. The van der Waals surface area contributed by atoms with Crippen LogP contribution in [0.1, 0.15) is 39.3 Å². The molecular weight excluding hydrogens is 422 g/mol. The van der Waals surface area contributed by atoms with Gasteiger partial charge in [-0.25, -0.2) is 4.79 Å². The van der Waals surface area contributed by atoms with E-state index in [1.165, 1.54) is 0 Å². The lowest BCUT2D eigenvalue weighted by Crippen LogP contribution is -2.47. The number of ether oxygens (including phenoxy) is 1. The Labute approximate surface area is 189 Å².